The second-order valence-corrected chi connectivity index (χ2v) is 12.3. The highest BCUT2D eigenvalue weighted by Crippen LogP contribution is 2.35. The first-order chi connectivity index (χ1) is 19.5. The lowest BCUT2D eigenvalue weighted by Gasteiger charge is -2.21. The van der Waals surface area contributed by atoms with Gasteiger partial charge in [0, 0.05) is 57.0 Å². The summed E-state index contributed by atoms with van der Waals surface area (Å²) in [6, 6.07) is 17.4. The van der Waals surface area contributed by atoms with Crippen molar-refractivity contribution in [3.05, 3.63) is 76.8 Å². The summed E-state index contributed by atoms with van der Waals surface area (Å²) in [6.45, 7) is 7.36. The van der Waals surface area contributed by atoms with Crippen LogP contribution < -0.4 is 9.62 Å². The topological polar surface area (TPSA) is 45.2 Å². The molecule has 3 heterocycles. The molecule has 4 aromatic rings. The van der Waals surface area contributed by atoms with Gasteiger partial charge in [0.1, 0.15) is 0 Å². The van der Waals surface area contributed by atoms with E-state index >= 15 is 0 Å². The molecule has 4 nitrogen and oxygen atoms in total. The number of pyridine rings is 1. The number of aromatic nitrogens is 1. The number of carbonyl (C=O) groups excluding carboxylic acids is 1. The highest BCUT2D eigenvalue weighted by molar-refractivity contribution is 8.00. The minimum Gasteiger partial charge on any atom is -0.322 e. The lowest BCUT2D eigenvalue weighted by molar-refractivity contribution is 0.102. The van der Waals surface area contributed by atoms with Gasteiger partial charge in [-0.1, -0.05) is 58.1 Å². The third-order valence-corrected chi connectivity index (χ3v) is 8.62. The van der Waals surface area contributed by atoms with E-state index in [-0.39, 0.29) is 5.91 Å². The molecule has 0 atom stereocenters. The molecule has 40 heavy (non-hydrogen) atoms. The van der Waals surface area contributed by atoms with Crippen LogP contribution in [0.2, 0.25) is 5.02 Å². The van der Waals surface area contributed by atoms with E-state index < -0.39 is 0 Å². The zero-order valence-corrected chi connectivity index (χ0v) is 26.7. The van der Waals surface area contributed by atoms with Crippen molar-refractivity contribution >= 4 is 73.9 Å². The number of nitrogens with one attached hydrogen (secondary N) is 1. The van der Waals surface area contributed by atoms with Crippen LogP contribution in [0, 0.1) is 0 Å². The van der Waals surface area contributed by atoms with Gasteiger partial charge in [0.05, 0.1) is 10.7 Å². The molecule has 0 aliphatic carbocycles. The van der Waals surface area contributed by atoms with Gasteiger partial charge in [-0.2, -0.15) is 0 Å². The van der Waals surface area contributed by atoms with E-state index in [0.29, 0.717) is 16.3 Å². The Morgan fingerprint density at radius 3 is 2.45 bits per heavy atom. The highest BCUT2D eigenvalue weighted by atomic mass is 35.5. The Morgan fingerprint density at radius 1 is 1.00 bits per heavy atom. The maximum atomic E-state index is 12.9. The van der Waals surface area contributed by atoms with E-state index in [1.165, 1.54) is 38.5 Å². The highest BCUT2D eigenvalue weighted by Gasteiger charge is 2.14. The van der Waals surface area contributed by atoms with Crippen molar-refractivity contribution in [1.82, 2.24) is 4.98 Å². The summed E-state index contributed by atoms with van der Waals surface area (Å²) in [4.78, 5) is 17.4. The van der Waals surface area contributed by atoms with Crippen LogP contribution in [0.3, 0.4) is 0 Å². The molecule has 1 aliphatic heterocycles. The lowest BCUT2D eigenvalue weighted by atomic mass is 10.1. The Hall–Kier alpha value is -2.25. The fourth-order valence-electron chi connectivity index (χ4n) is 4.21. The Morgan fingerprint density at radius 2 is 1.75 bits per heavy atom. The number of thiophene rings is 1. The quantitative estimate of drug-likeness (QED) is 0.173. The van der Waals surface area contributed by atoms with Crippen LogP contribution in [-0.4, -0.2) is 29.1 Å². The number of rotatable bonds is 6. The van der Waals surface area contributed by atoms with Crippen molar-refractivity contribution in [3.63, 3.8) is 0 Å². The van der Waals surface area contributed by atoms with Gasteiger partial charge in [0.15, 0.2) is 0 Å². The Labute approximate surface area is 257 Å². The second kappa shape index (κ2) is 17.5. The van der Waals surface area contributed by atoms with Crippen molar-refractivity contribution in [2.45, 2.75) is 59.3 Å². The van der Waals surface area contributed by atoms with E-state index in [4.69, 9.17) is 23.2 Å². The summed E-state index contributed by atoms with van der Waals surface area (Å²) >= 11 is 15.0. The van der Waals surface area contributed by atoms with E-state index in [9.17, 15) is 4.79 Å². The number of halogens is 2. The predicted octanol–water partition coefficient (Wildman–Crippen LogP) is 10.9. The summed E-state index contributed by atoms with van der Waals surface area (Å²) in [6.07, 6.45) is 9.62. The van der Waals surface area contributed by atoms with Gasteiger partial charge in [0.2, 0.25) is 0 Å². The number of carbonyl (C=O) groups is 1. The lowest BCUT2D eigenvalue weighted by Crippen LogP contribution is -2.15. The average molecular weight is 617 g/mol. The molecule has 2 aromatic heterocycles. The van der Waals surface area contributed by atoms with E-state index in [1.54, 1.807) is 23.6 Å². The molecule has 0 unspecified atom stereocenters. The maximum absolute atomic E-state index is 12.9. The SMILES string of the molecule is CCCCC.CCCl.O=C(Nc1ccc(Cl)c(-c2nccc3sccc23)c1)c1ccc(N2CCCCCS2)cc1. The van der Waals surface area contributed by atoms with E-state index in [0.717, 1.165) is 45.2 Å². The van der Waals surface area contributed by atoms with Crippen LogP contribution in [0.1, 0.15) is 69.7 Å². The van der Waals surface area contributed by atoms with Crippen LogP contribution in [0.15, 0.2) is 66.2 Å². The van der Waals surface area contributed by atoms with Crippen LogP contribution in [0.25, 0.3) is 21.3 Å². The van der Waals surface area contributed by atoms with Gasteiger partial charge >= 0.3 is 0 Å². The standard InChI is InChI=1S/C25H22ClN3OS2.C5H12.C2H5Cl/c26-22-9-6-18(16-21(22)24-20-11-15-31-23(20)10-12-27-24)28-25(30)17-4-7-19(8-5-17)29-13-2-1-3-14-32-29;1-3-5-4-2;1-2-3/h4-12,15-16H,1-3,13-14H2,(H,28,30);3-5H2,1-2H3;2H2,1H3. The fraction of sp³-hybridized carbons (Fsp3) is 0.375. The smallest absolute Gasteiger partial charge is 0.255 e. The van der Waals surface area contributed by atoms with E-state index in [1.807, 2.05) is 72.8 Å². The number of nitrogens with zero attached hydrogens (tertiary/aromatic N) is 2. The van der Waals surface area contributed by atoms with E-state index in [2.05, 4.69) is 28.5 Å². The number of fused-ring (bicyclic) bond motifs is 1. The van der Waals surface area contributed by atoms with Crippen LogP contribution in [0.4, 0.5) is 11.4 Å². The van der Waals surface area contributed by atoms with Crippen molar-refractivity contribution in [2.24, 2.45) is 0 Å². The van der Waals surface area contributed by atoms with Crippen molar-refractivity contribution in [1.29, 1.82) is 0 Å². The van der Waals surface area contributed by atoms with Crippen LogP contribution in [-0.2, 0) is 0 Å². The van der Waals surface area contributed by atoms with Crippen molar-refractivity contribution in [2.75, 3.05) is 27.8 Å². The molecular weight excluding hydrogens is 577 g/mol. The molecule has 5 rings (SSSR count). The Kier molecular flexibility index (Phi) is 14.1. The number of amides is 1. The molecule has 1 amide bonds. The summed E-state index contributed by atoms with van der Waals surface area (Å²) in [7, 11) is 0. The number of hydrogen-bond acceptors (Lipinski definition) is 5. The third-order valence-electron chi connectivity index (χ3n) is 6.24. The molecule has 0 radical (unpaired) electrons. The Bertz CT molecular complexity index is 1320. The molecule has 1 aliphatic rings. The number of anilines is 2. The third kappa shape index (κ3) is 9.41. The molecule has 0 saturated carbocycles. The number of hydrogen-bond donors (Lipinski definition) is 1. The Balaban J connectivity index is 0.000000490. The number of benzene rings is 2. The van der Waals surface area contributed by atoms with Gasteiger partial charge < -0.3 is 9.62 Å². The number of alkyl halides is 1. The minimum atomic E-state index is -0.143. The number of unbranched alkanes of at least 4 members (excludes halogenated alkanes) is 2. The molecular formula is C32H39Cl2N3OS2. The van der Waals surface area contributed by atoms with Gasteiger partial charge in [-0.25, -0.2) is 0 Å². The normalized spacial score (nSPS) is 13.0. The summed E-state index contributed by atoms with van der Waals surface area (Å²) in [5.41, 5.74) is 4.10. The molecule has 0 spiro atoms. The van der Waals surface area contributed by atoms with Crippen LogP contribution >= 0.6 is 46.5 Å². The summed E-state index contributed by atoms with van der Waals surface area (Å²) in [5.74, 6) is 1.73. The fourth-order valence-corrected chi connectivity index (χ4v) is 6.28. The minimum absolute atomic E-state index is 0.143. The molecule has 0 bridgehead atoms. The molecule has 1 fully saturated rings. The molecule has 2 aromatic carbocycles. The molecule has 1 N–H and O–H groups in total. The predicted molar refractivity (Wildman–Crippen MR) is 180 cm³/mol. The monoisotopic (exact) mass is 615 g/mol. The van der Waals surface area contributed by atoms with Crippen molar-refractivity contribution in [3.8, 4) is 11.3 Å². The molecule has 214 valence electrons. The van der Waals surface area contributed by atoms with Gasteiger partial charge in [-0.3, -0.25) is 9.78 Å². The first kappa shape index (κ1) is 32.3. The zero-order chi connectivity index (χ0) is 28.7. The maximum Gasteiger partial charge on any atom is 0.255 e. The summed E-state index contributed by atoms with van der Waals surface area (Å²) < 4.78 is 3.49. The largest absolute Gasteiger partial charge is 0.322 e. The van der Waals surface area contributed by atoms with Crippen LogP contribution in [0.5, 0.6) is 0 Å². The average Bonchev–Trinajstić information content (AvgIpc) is 3.29. The van der Waals surface area contributed by atoms with Gasteiger partial charge in [-0.05, 0) is 84.8 Å². The van der Waals surface area contributed by atoms with Crippen molar-refractivity contribution < 1.29 is 4.79 Å². The molecule has 8 heteroatoms. The van der Waals surface area contributed by atoms with Gasteiger partial charge in [0.25, 0.3) is 5.91 Å². The zero-order valence-electron chi connectivity index (χ0n) is 23.6. The summed E-state index contributed by atoms with van der Waals surface area (Å²) in [5, 5.41) is 6.71. The second-order valence-electron chi connectivity index (χ2n) is 9.30. The first-order valence-electron chi connectivity index (χ1n) is 14.0. The molecule has 1 saturated heterocycles. The first-order valence-corrected chi connectivity index (χ1v) is 16.8. The van der Waals surface area contributed by atoms with Gasteiger partial charge in [-0.15, -0.1) is 22.9 Å².